The van der Waals surface area contributed by atoms with Crippen molar-refractivity contribution in [1.82, 2.24) is 14.9 Å². The number of hydrogen-bond acceptors (Lipinski definition) is 8. The van der Waals surface area contributed by atoms with E-state index in [-0.39, 0.29) is 48.5 Å². The van der Waals surface area contributed by atoms with Crippen molar-refractivity contribution in [3.05, 3.63) is 77.2 Å². The molecule has 13 heteroatoms. The van der Waals surface area contributed by atoms with Crippen molar-refractivity contribution in [1.29, 1.82) is 0 Å². The number of nitrogens with zero attached hydrogens (tertiary/aromatic N) is 5. The minimum Gasteiger partial charge on any atom is -0.354 e. The molecule has 3 aliphatic rings. The molecule has 3 aliphatic heterocycles. The molecule has 1 fully saturated rings. The summed E-state index contributed by atoms with van der Waals surface area (Å²) in [5.41, 5.74) is 0.999. The summed E-state index contributed by atoms with van der Waals surface area (Å²) in [6.07, 6.45) is -2.77. The predicted octanol–water partition coefficient (Wildman–Crippen LogP) is 5.92. The molecule has 0 spiro atoms. The first kappa shape index (κ1) is 35.7. The van der Waals surface area contributed by atoms with Crippen LogP contribution in [0.15, 0.2) is 54.6 Å². The Balaban J connectivity index is 0.000000299. The quantitative estimate of drug-likeness (QED) is 0.354. The average Bonchev–Trinajstić information content (AvgIpc) is 3.29. The van der Waals surface area contributed by atoms with Gasteiger partial charge in [0.05, 0.1) is 11.4 Å². The number of amides is 2. The molecule has 0 aliphatic carbocycles. The van der Waals surface area contributed by atoms with E-state index in [9.17, 15) is 32.3 Å². The van der Waals surface area contributed by atoms with Crippen molar-refractivity contribution in [3.63, 3.8) is 0 Å². The zero-order valence-electron chi connectivity index (χ0n) is 28.0. The second-order valence-corrected chi connectivity index (χ2v) is 13.4. The second-order valence-electron chi connectivity index (χ2n) is 13.4. The number of aromatic nitrogens is 2. The van der Waals surface area contributed by atoms with E-state index >= 15 is 0 Å². The molecule has 0 unspecified atom stereocenters. The topological polar surface area (TPSA) is 116 Å². The van der Waals surface area contributed by atoms with Crippen LogP contribution in [-0.2, 0) is 21.2 Å². The van der Waals surface area contributed by atoms with E-state index in [0.29, 0.717) is 67.5 Å². The largest absolute Gasteiger partial charge is 0.433 e. The van der Waals surface area contributed by atoms with Crippen LogP contribution in [0.1, 0.15) is 85.1 Å². The van der Waals surface area contributed by atoms with Crippen LogP contribution in [0.5, 0.6) is 0 Å². The van der Waals surface area contributed by atoms with Gasteiger partial charge in [0, 0.05) is 81.0 Å². The number of carbonyl (C=O) groups is 4. The minimum absolute atomic E-state index is 0.00871. The minimum atomic E-state index is -4.53. The first-order valence-electron chi connectivity index (χ1n) is 16.5. The monoisotopic (exact) mass is 678 g/mol. The highest BCUT2D eigenvalue weighted by Crippen LogP contribution is 2.32. The fourth-order valence-corrected chi connectivity index (χ4v) is 5.95. The molecule has 6 rings (SSSR count). The standard InChI is InChI=1S/C26H32F3N5O2.C10H9NO2/c1-25(2,3)24-30-21(26(27,28)29)17-22(31-24)33-15-13-32(14-16-33)11-6-12-34-19-8-5-4-7-18(19)20(35)9-10-23(34)36;12-9-5-6-10(13)11-8-4-2-1-3-7(8)9/h4-5,7-8,17H,6,9-16H2,1-3H3;1-4H,5-6H2,(H,11,13). The average molecular weight is 679 g/mol. The van der Waals surface area contributed by atoms with Gasteiger partial charge in [0.25, 0.3) is 0 Å². The van der Waals surface area contributed by atoms with E-state index < -0.39 is 17.3 Å². The lowest BCUT2D eigenvalue weighted by Crippen LogP contribution is -2.47. The molecule has 0 atom stereocenters. The molecule has 1 saturated heterocycles. The third kappa shape index (κ3) is 8.88. The van der Waals surface area contributed by atoms with Crippen molar-refractivity contribution >= 4 is 40.6 Å². The number of fused-ring (bicyclic) bond motifs is 2. The van der Waals surface area contributed by atoms with Crippen LogP contribution in [-0.4, -0.2) is 77.5 Å². The maximum absolute atomic E-state index is 13.5. The Morgan fingerprint density at radius 2 is 1.39 bits per heavy atom. The Morgan fingerprint density at radius 3 is 2.08 bits per heavy atom. The van der Waals surface area contributed by atoms with Crippen LogP contribution < -0.4 is 15.1 Å². The summed E-state index contributed by atoms with van der Waals surface area (Å²) in [4.78, 5) is 61.7. The summed E-state index contributed by atoms with van der Waals surface area (Å²) in [5, 5.41) is 2.69. The van der Waals surface area contributed by atoms with Gasteiger partial charge in [0.15, 0.2) is 11.6 Å². The van der Waals surface area contributed by atoms with Crippen molar-refractivity contribution in [3.8, 4) is 0 Å². The van der Waals surface area contributed by atoms with Gasteiger partial charge >= 0.3 is 6.18 Å². The number of hydrogen-bond donors (Lipinski definition) is 1. The number of carbonyl (C=O) groups excluding carboxylic acids is 4. The summed E-state index contributed by atoms with van der Waals surface area (Å²) >= 11 is 0. The van der Waals surface area contributed by atoms with E-state index in [1.54, 1.807) is 56.0 Å². The first-order chi connectivity index (χ1) is 23.2. The van der Waals surface area contributed by atoms with Crippen LogP contribution in [0.4, 0.5) is 30.4 Å². The molecule has 10 nitrogen and oxygen atoms in total. The highest BCUT2D eigenvalue weighted by molar-refractivity contribution is 6.10. The van der Waals surface area contributed by atoms with Gasteiger partial charge < -0.3 is 15.1 Å². The molecule has 1 N–H and O–H groups in total. The van der Waals surface area contributed by atoms with Gasteiger partial charge in [-0.3, -0.25) is 24.1 Å². The van der Waals surface area contributed by atoms with Crippen molar-refractivity contribution in [2.45, 2.75) is 64.5 Å². The number of rotatable bonds is 5. The van der Waals surface area contributed by atoms with Gasteiger partial charge in [-0.2, -0.15) is 13.2 Å². The first-order valence-corrected chi connectivity index (χ1v) is 16.5. The highest BCUT2D eigenvalue weighted by Gasteiger charge is 2.36. The fraction of sp³-hybridized carbons (Fsp3) is 0.444. The molecule has 4 heterocycles. The van der Waals surface area contributed by atoms with Gasteiger partial charge in [-0.25, -0.2) is 9.97 Å². The number of halogens is 3. The zero-order valence-corrected chi connectivity index (χ0v) is 28.0. The Bertz CT molecular complexity index is 1680. The normalized spacial score (nSPS) is 17.3. The van der Waals surface area contributed by atoms with Gasteiger partial charge in [-0.1, -0.05) is 45.0 Å². The number of nitrogens with one attached hydrogen (secondary N) is 1. The van der Waals surface area contributed by atoms with Crippen LogP contribution >= 0.6 is 0 Å². The predicted molar refractivity (Wildman–Crippen MR) is 180 cm³/mol. The Morgan fingerprint density at radius 1 is 0.755 bits per heavy atom. The molecular weight excluding hydrogens is 637 g/mol. The highest BCUT2D eigenvalue weighted by atomic mass is 19.4. The third-order valence-corrected chi connectivity index (χ3v) is 8.67. The number of para-hydroxylation sites is 2. The van der Waals surface area contributed by atoms with E-state index in [2.05, 4.69) is 20.2 Å². The SMILES string of the molecule is CC(C)(C)c1nc(N2CCN(CCCN3C(=O)CCC(=O)c4ccccc43)CC2)cc(C(F)(F)F)n1.O=C1CCC(=O)c2ccccc2N1. The fourth-order valence-electron chi connectivity index (χ4n) is 5.95. The van der Waals surface area contributed by atoms with Crippen LogP contribution in [0.3, 0.4) is 0 Å². The van der Waals surface area contributed by atoms with Crippen LogP contribution in [0.2, 0.25) is 0 Å². The lowest BCUT2D eigenvalue weighted by atomic mass is 9.95. The van der Waals surface area contributed by atoms with Gasteiger partial charge in [-0.15, -0.1) is 0 Å². The van der Waals surface area contributed by atoms with Crippen molar-refractivity contribution < 1.29 is 32.3 Å². The van der Waals surface area contributed by atoms with Crippen LogP contribution in [0.25, 0.3) is 0 Å². The smallest absolute Gasteiger partial charge is 0.354 e. The van der Waals surface area contributed by atoms with Crippen molar-refractivity contribution in [2.24, 2.45) is 0 Å². The Kier molecular flexibility index (Phi) is 10.8. The summed E-state index contributed by atoms with van der Waals surface area (Å²) in [6.45, 7) is 9.13. The molecule has 260 valence electrons. The molecule has 3 aromatic rings. The van der Waals surface area contributed by atoms with Gasteiger partial charge in [0.2, 0.25) is 11.8 Å². The van der Waals surface area contributed by atoms with E-state index in [1.807, 2.05) is 23.1 Å². The number of ketones is 2. The number of alkyl halides is 3. The van der Waals surface area contributed by atoms with E-state index in [4.69, 9.17) is 0 Å². The molecule has 2 amide bonds. The van der Waals surface area contributed by atoms with Crippen LogP contribution in [0, 0.1) is 0 Å². The molecule has 0 saturated carbocycles. The number of Topliss-reactive ketones (excluding diaryl/α,β-unsaturated/α-hetero) is 2. The maximum Gasteiger partial charge on any atom is 0.433 e. The summed E-state index contributed by atoms with van der Waals surface area (Å²) in [7, 11) is 0. The number of piperazine rings is 1. The van der Waals surface area contributed by atoms with Gasteiger partial charge in [0.1, 0.15) is 17.3 Å². The molecule has 0 radical (unpaired) electrons. The van der Waals surface area contributed by atoms with Gasteiger partial charge in [-0.05, 0) is 37.2 Å². The summed E-state index contributed by atoms with van der Waals surface area (Å²) in [6, 6.07) is 15.4. The molecule has 49 heavy (non-hydrogen) atoms. The van der Waals surface area contributed by atoms with E-state index in [1.165, 1.54) is 0 Å². The zero-order chi connectivity index (χ0) is 35.3. The number of anilines is 3. The molecule has 2 aromatic carbocycles. The molecule has 1 aromatic heterocycles. The van der Waals surface area contributed by atoms with E-state index in [0.717, 1.165) is 19.0 Å². The summed E-state index contributed by atoms with van der Waals surface area (Å²) in [5.74, 6) is 0.379. The maximum atomic E-state index is 13.5. The van der Waals surface area contributed by atoms with Crippen molar-refractivity contribution in [2.75, 3.05) is 54.4 Å². The Hall–Kier alpha value is -4.65. The third-order valence-electron chi connectivity index (χ3n) is 8.67. The Labute approximate surface area is 283 Å². The lowest BCUT2D eigenvalue weighted by Gasteiger charge is -2.36. The molecular formula is C36H41F3N6O4. The lowest BCUT2D eigenvalue weighted by molar-refractivity contribution is -0.141. The summed E-state index contributed by atoms with van der Waals surface area (Å²) < 4.78 is 40.4. The molecule has 0 bridgehead atoms. The number of benzene rings is 2. The second kappa shape index (κ2) is 14.9.